The van der Waals surface area contributed by atoms with E-state index >= 15 is 0 Å². The predicted octanol–water partition coefficient (Wildman–Crippen LogP) is 3.01. The van der Waals surface area contributed by atoms with Crippen LogP contribution in [-0.2, 0) is 0 Å². The summed E-state index contributed by atoms with van der Waals surface area (Å²) in [7, 11) is 0. The summed E-state index contributed by atoms with van der Waals surface area (Å²) >= 11 is 0. The molecule has 1 saturated heterocycles. The first-order chi connectivity index (χ1) is 11.7. The molecule has 1 N–H and O–H groups in total. The van der Waals surface area contributed by atoms with Crippen LogP contribution in [0.4, 0.5) is 10.1 Å². The van der Waals surface area contributed by atoms with Crippen LogP contribution in [0.2, 0.25) is 0 Å². The van der Waals surface area contributed by atoms with Gasteiger partial charge in [0.2, 0.25) is 0 Å². The highest BCUT2D eigenvalue weighted by Crippen LogP contribution is 2.28. The van der Waals surface area contributed by atoms with E-state index in [-0.39, 0.29) is 16.6 Å². The fourth-order valence-electron chi connectivity index (χ4n) is 3.06. The topological polar surface area (TPSA) is 45.5 Å². The third kappa shape index (κ3) is 2.67. The average Bonchev–Trinajstić information content (AvgIpc) is 2.63. The molecule has 4 nitrogen and oxygen atoms in total. The van der Waals surface area contributed by atoms with Crippen LogP contribution in [0.3, 0.4) is 0 Å². The minimum absolute atomic E-state index is 0.235. The van der Waals surface area contributed by atoms with E-state index in [4.69, 9.17) is 4.42 Å². The number of hydrogen-bond donors (Lipinski definition) is 1. The summed E-state index contributed by atoms with van der Waals surface area (Å²) in [5, 5.41) is 3.51. The van der Waals surface area contributed by atoms with Gasteiger partial charge in [0.25, 0.3) is 0 Å². The number of halogens is 1. The fraction of sp³-hybridized carbons (Fsp3) is 0.211. The molecule has 4 rings (SSSR count). The molecule has 0 atom stereocenters. The number of rotatable bonds is 2. The molecule has 5 heteroatoms. The molecule has 0 unspecified atom stereocenters. The van der Waals surface area contributed by atoms with Crippen LogP contribution in [-0.4, -0.2) is 26.2 Å². The Labute approximate surface area is 138 Å². The van der Waals surface area contributed by atoms with Gasteiger partial charge in [0.15, 0.2) is 5.43 Å². The van der Waals surface area contributed by atoms with Gasteiger partial charge >= 0.3 is 0 Å². The van der Waals surface area contributed by atoms with Crippen LogP contribution in [0.5, 0.6) is 0 Å². The molecule has 2 heterocycles. The maximum absolute atomic E-state index is 14.5. The SMILES string of the molecule is O=c1cc(-c2ccccc2)oc2cc(N3CCNCC3)c(F)cc12. The van der Waals surface area contributed by atoms with Crippen LogP contribution in [0.1, 0.15) is 0 Å². The lowest BCUT2D eigenvalue weighted by Crippen LogP contribution is -2.43. The largest absolute Gasteiger partial charge is 0.456 e. The zero-order valence-corrected chi connectivity index (χ0v) is 13.1. The van der Waals surface area contributed by atoms with Gasteiger partial charge in [-0.25, -0.2) is 4.39 Å². The van der Waals surface area contributed by atoms with Gasteiger partial charge in [-0.3, -0.25) is 4.79 Å². The second-order valence-electron chi connectivity index (χ2n) is 5.88. The first kappa shape index (κ1) is 14.9. The molecular weight excluding hydrogens is 307 g/mol. The van der Waals surface area contributed by atoms with Crippen LogP contribution < -0.4 is 15.6 Å². The Kier molecular flexibility index (Phi) is 3.78. The smallest absolute Gasteiger partial charge is 0.193 e. The van der Waals surface area contributed by atoms with Crippen molar-refractivity contribution in [1.29, 1.82) is 0 Å². The van der Waals surface area contributed by atoms with E-state index in [0.29, 0.717) is 17.0 Å². The van der Waals surface area contributed by atoms with Crippen LogP contribution in [0.15, 0.2) is 57.7 Å². The van der Waals surface area contributed by atoms with Crippen molar-refractivity contribution < 1.29 is 8.81 Å². The maximum atomic E-state index is 14.5. The average molecular weight is 324 g/mol. The van der Waals surface area contributed by atoms with Gasteiger partial charge < -0.3 is 14.6 Å². The molecule has 2 aromatic carbocycles. The summed E-state index contributed by atoms with van der Waals surface area (Å²) in [5.74, 6) is 0.107. The second-order valence-corrected chi connectivity index (χ2v) is 5.88. The number of anilines is 1. The molecule has 1 aromatic heterocycles. The molecule has 122 valence electrons. The summed E-state index contributed by atoms with van der Waals surface area (Å²) in [6, 6.07) is 13.8. The van der Waals surface area contributed by atoms with Crippen LogP contribution >= 0.6 is 0 Å². The molecule has 0 saturated carbocycles. The fourth-order valence-corrected chi connectivity index (χ4v) is 3.06. The molecule has 3 aromatic rings. The number of piperazine rings is 1. The summed E-state index contributed by atoms with van der Waals surface area (Å²) in [6.45, 7) is 3.08. The first-order valence-corrected chi connectivity index (χ1v) is 8.01. The quantitative estimate of drug-likeness (QED) is 0.787. The Morgan fingerprint density at radius 3 is 2.54 bits per heavy atom. The third-order valence-electron chi connectivity index (χ3n) is 4.31. The Balaban J connectivity index is 1.86. The summed E-state index contributed by atoms with van der Waals surface area (Å²) in [5.41, 5.74) is 1.49. The van der Waals surface area contributed by atoms with Gasteiger partial charge in [0.05, 0.1) is 11.1 Å². The van der Waals surface area contributed by atoms with Gasteiger partial charge in [-0.1, -0.05) is 30.3 Å². The minimum atomic E-state index is -0.385. The zero-order valence-electron chi connectivity index (χ0n) is 13.1. The van der Waals surface area contributed by atoms with E-state index in [2.05, 4.69) is 5.32 Å². The maximum Gasteiger partial charge on any atom is 0.193 e. The number of nitrogens with one attached hydrogen (secondary N) is 1. The lowest BCUT2D eigenvalue weighted by Gasteiger charge is -2.29. The molecule has 1 aliphatic rings. The second kappa shape index (κ2) is 6.09. The monoisotopic (exact) mass is 324 g/mol. The minimum Gasteiger partial charge on any atom is -0.456 e. The summed E-state index contributed by atoms with van der Waals surface area (Å²) in [4.78, 5) is 14.3. The molecular formula is C19H17FN2O2. The van der Waals surface area contributed by atoms with Crippen molar-refractivity contribution in [2.45, 2.75) is 0 Å². The Hall–Kier alpha value is -2.66. The van der Waals surface area contributed by atoms with Crippen molar-refractivity contribution in [2.75, 3.05) is 31.1 Å². The highest BCUT2D eigenvalue weighted by atomic mass is 19.1. The van der Waals surface area contributed by atoms with Crippen molar-refractivity contribution in [3.63, 3.8) is 0 Å². The van der Waals surface area contributed by atoms with Gasteiger partial charge in [-0.05, 0) is 6.07 Å². The van der Waals surface area contributed by atoms with Crippen LogP contribution in [0, 0.1) is 5.82 Å². The molecule has 0 spiro atoms. The highest BCUT2D eigenvalue weighted by Gasteiger charge is 2.17. The Bertz CT molecular complexity index is 931. The van der Waals surface area contributed by atoms with Crippen molar-refractivity contribution in [3.05, 3.63) is 64.6 Å². The summed E-state index contributed by atoms with van der Waals surface area (Å²) < 4.78 is 20.4. The normalized spacial score (nSPS) is 15.0. The molecule has 0 amide bonds. The number of fused-ring (bicyclic) bond motifs is 1. The molecule has 0 radical (unpaired) electrons. The molecule has 0 aliphatic carbocycles. The van der Waals surface area contributed by atoms with Crippen LogP contribution in [0.25, 0.3) is 22.3 Å². The Morgan fingerprint density at radius 2 is 1.79 bits per heavy atom. The standard InChI is InChI=1S/C19H17FN2O2/c20-15-10-14-17(23)12-18(13-4-2-1-3-5-13)24-19(14)11-16(15)22-8-6-21-7-9-22/h1-5,10-12,21H,6-9H2. The molecule has 1 fully saturated rings. The van der Waals surface area contributed by atoms with E-state index in [1.165, 1.54) is 12.1 Å². The van der Waals surface area contributed by atoms with Gasteiger partial charge in [-0.15, -0.1) is 0 Å². The molecule has 24 heavy (non-hydrogen) atoms. The number of hydrogen-bond acceptors (Lipinski definition) is 4. The zero-order chi connectivity index (χ0) is 16.5. The van der Waals surface area contributed by atoms with Crippen molar-refractivity contribution in [1.82, 2.24) is 5.32 Å². The third-order valence-corrected chi connectivity index (χ3v) is 4.31. The van der Waals surface area contributed by atoms with Crippen molar-refractivity contribution in [3.8, 4) is 11.3 Å². The Morgan fingerprint density at radius 1 is 1.04 bits per heavy atom. The van der Waals surface area contributed by atoms with E-state index in [9.17, 15) is 9.18 Å². The highest BCUT2D eigenvalue weighted by molar-refractivity contribution is 5.82. The molecule has 1 aliphatic heterocycles. The van der Waals surface area contributed by atoms with Gasteiger partial charge in [-0.2, -0.15) is 0 Å². The molecule has 0 bridgehead atoms. The van der Waals surface area contributed by atoms with E-state index in [0.717, 1.165) is 31.7 Å². The number of benzene rings is 2. The predicted molar refractivity (Wildman–Crippen MR) is 93.0 cm³/mol. The lowest BCUT2D eigenvalue weighted by atomic mass is 10.1. The van der Waals surface area contributed by atoms with Crippen molar-refractivity contribution >= 4 is 16.7 Å². The first-order valence-electron chi connectivity index (χ1n) is 8.01. The van der Waals surface area contributed by atoms with E-state index in [1.54, 1.807) is 6.07 Å². The van der Waals surface area contributed by atoms with Gasteiger partial charge in [0, 0.05) is 43.9 Å². The lowest BCUT2D eigenvalue weighted by molar-refractivity contribution is 0.564. The van der Waals surface area contributed by atoms with Gasteiger partial charge in [0.1, 0.15) is 17.2 Å². The number of nitrogens with zero attached hydrogens (tertiary/aromatic N) is 1. The summed E-state index contributed by atoms with van der Waals surface area (Å²) in [6.07, 6.45) is 0. The van der Waals surface area contributed by atoms with Crippen molar-refractivity contribution in [2.24, 2.45) is 0 Å². The van der Waals surface area contributed by atoms with E-state index < -0.39 is 0 Å². The van der Waals surface area contributed by atoms with E-state index in [1.807, 2.05) is 35.2 Å².